The first-order chi connectivity index (χ1) is 6.91. The lowest BCUT2D eigenvalue weighted by Gasteiger charge is -2.22. The lowest BCUT2D eigenvalue weighted by Crippen LogP contribution is -2.51. The molecule has 0 amide bonds. The van der Waals surface area contributed by atoms with Crippen molar-refractivity contribution in [1.82, 2.24) is 10.6 Å². The number of ether oxygens (including phenoxy) is 1. The van der Waals surface area contributed by atoms with Crippen molar-refractivity contribution in [2.45, 2.75) is 24.6 Å². The van der Waals surface area contributed by atoms with Gasteiger partial charge in [-0.3, -0.25) is 0 Å². The number of hydrogen-bond donors (Lipinski definition) is 2. The van der Waals surface area contributed by atoms with Crippen molar-refractivity contribution < 1.29 is 17.9 Å². The van der Waals surface area contributed by atoms with Crippen LogP contribution in [0.2, 0.25) is 0 Å². The molecule has 0 atom stereocenters. The molecule has 1 saturated carbocycles. The zero-order chi connectivity index (χ0) is 11.5. The zero-order valence-corrected chi connectivity index (χ0v) is 9.10. The van der Waals surface area contributed by atoms with Gasteiger partial charge in [0.05, 0.1) is 6.61 Å². The molecular formula is C8H13F3N2OS. The van der Waals surface area contributed by atoms with Gasteiger partial charge in [-0.25, -0.2) is 0 Å². The Balaban J connectivity index is 2.32. The molecule has 1 aliphatic rings. The minimum Gasteiger partial charge on any atom is -0.383 e. The number of alkyl halides is 3. The van der Waals surface area contributed by atoms with Gasteiger partial charge in [0.2, 0.25) is 0 Å². The maximum atomic E-state index is 12.5. The van der Waals surface area contributed by atoms with Crippen LogP contribution in [0.5, 0.6) is 0 Å². The van der Waals surface area contributed by atoms with Gasteiger partial charge in [0.1, 0.15) is 5.54 Å². The largest absolute Gasteiger partial charge is 0.411 e. The Morgan fingerprint density at radius 3 is 2.47 bits per heavy atom. The molecule has 88 valence electrons. The molecular weight excluding hydrogens is 229 g/mol. The third kappa shape index (κ3) is 3.20. The second kappa shape index (κ2) is 4.52. The fraction of sp³-hybridized carbons (Fsp3) is 0.875. The number of hydrogen-bond acceptors (Lipinski definition) is 2. The van der Waals surface area contributed by atoms with Crippen molar-refractivity contribution in [1.29, 1.82) is 0 Å². The number of halogens is 3. The monoisotopic (exact) mass is 242 g/mol. The normalized spacial score (nSPS) is 18.4. The Hall–Kier alpha value is -0.560. The van der Waals surface area contributed by atoms with Crippen molar-refractivity contribution in [3.05, 3.63) is 0 Å². The van der Waals surface area contributed by atoms with Gasteiger partial charge in [-0.2, -0.15) is 13.2 Å². The van der Waals surface area contributed by atoms with Crippen LogP contribution in [0.15, 0.2) is 0 Å². The summed E-state index contributed by atoms with van der Waals surface area (Å²) in [5, 5.41) is 4.98. The van der Waals surface area contributed by atoms with Crippen LogP contribution >= 0.6 is 12.2 Å². The molecule has 1 fully saturated rings. The van der Waals surface area contributed by atoms with E-state index in [1.807, 2.05) is 0 Å². The predicted molar refractivity (Wildman–Crippen MR) is 53.6 cm³/mol. The third-order valence-corrected chi connectivity index (χ3v) is 2.48. The van der Waals surface area contributed by atoms with Crippen LogP contribution in [0.3, 0.4) is 0 Å². The van der Waals surface area contributed by atoms with Crippen molar-refractivity contribution in [3.63, 3.8) is 0 Å². The summed E-state index contributed by atoms with van der Waals surface area (Å²) in [6.45, 7) is 0.803. The SMILES string of the molecule is COCCNC(=S)NC1(C(F)(F)F)CC1. The molecule has 0 aliphatic heterocycles. The number of thiocarbonyl (C=S) groups is 1. The Morgan fingerprint density at radius 1 is 1.47 bits per heavy atom. The van der Waals surface area contributed by atoms with Crippen molar-refractivity contribution in [2.75, 3.05) is 20.3 Å². The molecule has 0 bridgehead atoms. The highest BCUT2D eigenvalue weighted by Crippen LogP contribution is 2.48. The third-order valence-electron chi connectivity index (χ3n) is 2.24. The fourth-order valence-electron chi connectivity index (χ4n) is 1.13. The van der Waals surface area contributed by atoms with Crippen molar-refractivity contribution in [2.24, 2.45) is 0 Å². The summed E-state index contributed by atoms with van der Waals surface area (Å²) >= 11 is 4.75. The summed E-state index contributed by atoms with van der Waals surface area (Å²) in [7, 11) is 1.51. The highest BCUT2D eigenvalue weighted by Gasteiger charge is 2.63. The summed E-state index contributed by atoms with van der Waals surface area (Å²) < 4.78 is 42.1. The highest BCUT2D eigenvalue weighted by atomic mass is 32.1. The van der Waals surface area contributed by atoms with E-state index < -0.39 is 11.7 Å². The Labute approximate surface area is 91.4 Å². The second-order valence-corrected chi connectivity index (χ2v) is 3.86. The number of rotatable bonds is 4. The van der Waals surface area contributed by atoms with E-state index in [4.69, 9.17) is 17.0 Å². The molecule has 0 unspecified atom stereocenters. The lowest BCUT2D eigenvalue weighted by atomic mass is 10.3. The van der Waals surface area contributed by atoms with Crippen LogP contribution in [0.25, 0.3) is 0 Å². The average molecular weight is 242 g/mol. The standard InChI is InChI=1S/C8H13F3N2OS/c1-14-5-4-12-6(15)13-7(2-3-7)8(9,10)11/h2-5H2,1H3,(H2,12,13,15). The van der Waals surface area contributed by atoms with Crippen LogP contribution in [0, 0.1) is 0 Å². The molecule has 0 aromatic carbocycles. The Morgan fingerprint density at radius 2 is 2.07 bits per heavy atom. The summed E-state index contributed by atoms with van der Waals surface area (Å²) in [6, 6.07) is 0. The van der Waals surface area contributed by atoms with Gasteiger partial charge in [0.25, 0.3) is 0 Å². The maximum absolute atomic E-state index is 12.5. The zero-order valence-electron chi connectivity index (χ0n) is 8.28. The molecule has 7 heteroatoms. The summed E-state index contributed by atoms with van der Waals surface area (Å²) in [5.74, 6) is 0. The number of nitrogens with one attached hydrogen (secondary N) is 2. The predicted octanol–water partition coefficient (Wildman–Crippen LogP) is 1.19. The quantitative estimate of drug-likeness (QED) is 0.573. The van der Waals surface area contributed by atoms with Crippen LogP contribution < -0.4 is 10.6 Å². The van der Waals surface area contributed by atoms with Crippen LogP contribution in [0.1, 0.15) is 12.8 Å². The maximum Gasteiger partial charge on any atom is 0.411 e. The molecule has 0 saturated heterocycles. The smallest absolute Gasteiger partial charge is 0.383 e. The fourth-order valence-corrected chi connectivity index (χ4v) is 1.43. The summed E-state index contributed by atoms with van der Waals surface area (Å²) in [5.41, 5.74) is -1.79. The van der Waals surface area contributed by atoms with Gasteiger partial charge in [0.15, 0.2) is 5.11 Å². The van der Waals surface area contributed by atoms with Gasteiger partial charge in [0, 0.05) is 13.7 Å². The molecule has 0 aromatic heterocycles. The molecule has 2 N–H and O–H groups in total. The topological polar surface area (TPSA) is 33.3 Å². The first kappa shape index (κ1) is 12.5. The Bertz CT molecular complexity index is 241. The number of methoxy groups -OCH3 is 1. The van der Waals surface area contributed by atoms with Crippen molar-refractivity contribution >= 4 is 17.3 Å². The molecule has 15 heavy (non-hydrogen) atoms. The lowest BCUT2D eigenvalue weighted by molar-refractivity contribution is -0.161. The first-order valence-electron chi connectivity index (χ1n) is 4.53. The van der Waals surface area contributed by atoms with E-state index in [-0.39, 0.29) is 18.0 Å². The molecule has 0 heterocycles. The van der Waals surface area contributed by atoms with Gasteiger partial charge in [-0.1, -0.05) is 0 Å². The minimum absolute atomic E-state index is 0.0295. The van der Waals surface area contributed by atoms with E-state index in [1.165, 1.54) is 7.11 Å². The minimum atomic E-state index is -4.24. The molecule has 0 aromatic rings. The highest BCUT2D eigenvalue weighted by molar-refractivity contribution is 7.80. The summed E-state index contributed by atoms with van der Waals surface area (Å²) in [4.78, 5) is 0. The van der Waals surface area contributed by atoms with E-state index in [2.05, 4.69) is 10.6 Å². The van der Waals surface area contributed by atoms with E-state index in [9.17, 15) is 13.2 Å². The van der Waals surface area contributed by atoms with Gasteiger partial charge in [-0.15, -0.1) is 0 Å². The van der Waals surface area contributed by atoms with Crippen LogP contribution in [-0.2, 0) is 4.74 Å². The molecule has 0 spiro atoms. The first-order valence-corrected chi connectivity index (χ1v) is 4.94. The van der Waals surface area contributed by atoms with Gasteiger partial charge < -0.3 is 15.4 Å². The average Bonchev–Trinajstić information content (AvgIpc) is 2.84. The van der Waals surface area contributed by atoms with Gasteiger partial charge >= 0.3 is 6.18 Å². The van der Waals surface area contributed by atoms with E-state index in [1.54, 1.807) is 0 Å². The van der Waals surface area contributed by atoms with Crippen LogP contribution in [0.4, 0.5) is 13.2 Å². The Kier molecular flexibility index (Phi) is 3.77. The van der Waals surface area contributed by atoms with E-state index in [0.29, 0.717) is 13.2 Å². The molecule has 1 aliphatic carbocycles. The molecule has 3 nitrogen and oxygen atoms in total. The van der Waals surface area contributed by atoms with Crippen LogP contribution in [-0.4, -0.2) is 37.1 Å². The molecule has 1 rings (SSSR count). The summed E-state index contributed by atoms with van der Waals surface area (Å²) in [6.07, 6.45) is -4.06. The van der Waals surface area contributed by atoms with E-state index in [0.717, 1.165) is 0 Å². The van der Waals surface area contributed by atoms with Crippen molar-refractivity contribution in [3.8, 4) is 0 Å². The van der Waals surface area contributed by atoms with Gasteiger partial charge in [-0.05, 0) is 25.1 Å². The molecule has 0 radical (unpaired) electrons. The second-order valence-electron chi connectivity index (χ2n) is 3.45. The van der Waals surface area contributed by atoms with E-state index >= 15 is 0 Å².